The van der Waals surface area contributed by atoms with Crippen molar-refractivity contribution in [3.8, 4) is 0 Å². The fraction of sp³-hybridized carbons (Fsp3) is 0.462. The van der Waals surface area contributed by atoms with Crippen LogP contribution in [0, 0.1) is 6.92 Å². The van der Waals surface area contributed by atoms with Gasteiger partial charge in [-0.05, 0) is 37.5 Å². The molecule has 1 heterocycles. The van der Waals surface area contributed by atoms with Gasteiger partial charge in [-0.2, -0.15) is 4.31 Å². The number of primary amides is 1. The SMILES string of the molecule is Cc1ccc(S(=O)(=O)N2CCCC(O)C2)cc1C(N)=O. The number of aliphatic hydroxyl groups excluding tert-OH is 1. The summed E-state index contributed by atoms with van der Waals surface area (Å²) in [5, 5.41) is 9.60. The number of hydrogen-bond acceptors (Lipinski definition) is 4. The van der Waals surface area contributed by atoms with Gasteiger partial charge in [0.2, 0.25) is 15.9 Å². The summed E-state index contributed by atoms with van der Waals surface area (Å²) < 4.78 is 26.2. The molecule has 0 aliphatic carbocycles. The lowest BCUT2D eigenvalue weighted by Gasteiger charge is -2.29. The Morgan fingerprint density at radius 1 is 1.45 bits per heavy atom. The van der Waals surface area contributed by atoms with Crippen molar-refractivity contribution in [3.63, 3.8) is 0 Å². The number of aliphatic hydroxyl groups is 1. The first-order valence-corrected chi connectivity index (χ1v) is 7.85. The number of sulfonamides is 1. The average molecular weight is 298 g/mol. The van der Waals surface area contributed by atoms with Crippen LogP contribution < -0.4 is 5.73 Å². The Kier molecular flexibility index (Phi) is 4.12. The molecule has 1 fully saturated rings. The first kappa shape index (κ1) is 15.0. The Labute approximate surface area is 118 Å². The summed E-state index contributed by atoms with van der Waals surface area (Å²) >= 11 is 0. The third kappa shape index (κ3) is 2.84. The lowest BCUT2D eigenvalue weighted by Crippen LogP contribution is -2.42. The maximum atomic E-state index is 12.5. The molecular formula is C13H18N2O4S. The van der Waals surface area contributed by atoms with E-state index in [0.29, 0.717) is 24.9 Å². The summed E-state index contributed by atoms with van der Waals surface area (Å²) in [6.45, 7) is 2.16. The highest BCUT2D eigenvalue weighted by atomic mass is 32.2. The number of rotatable bonds is 3. The largest absolute Gasteiger partial charge is 0.392 e. The first-order valence-electron chi connectivity index (χ1n) is 6.41. The Balaban J connectivity index is 2.39. The van der Waals surface area contributed by atoms with Gasteiger partial charge in [-0.25, -0.2) is 8.42 Å². The Morgan fingerprint density at radius 2 is 2.15 bits per heavy atom. The third-order valence-electron chi connectivity index (χ3n) is 3.47. The highest BCUT2D eigenvalue weighted by molar-refractivity contribution is 7.89. The van der Waals surface area contributed by atoms with Gasteiger partial charge in [0.05, 0.1) is 11.0 Å². The summed E-state index contributed by atoms with van der Waals surface area (Å²) in [7, 11) is -3.70. The van der Waals surface area contributed by atoms with Crippen molar-refractivity contribution in [1.29, 1.82) is 0 Å². The van der Waals surface area contributed by atoms with Gasteiger partial charge in [0, 0.05) is 18.7 Å². The second-order valence-electron chi connectivity index (χ2n) is 5.00. The molecule has 20 heavy (non-hydrogen) atoms. The van der Waals surface area contributed by atoms with Gasteiger partial charge in [0.25, 0.3) is 0 Å². The minimum Gasteiger partial charge on any atom is -0.392 e. The Hall–Kier alpha value is -1.44. The predicted molar refractivity (Wildman–Crippen MR) is 73.7 cm³/mol. The van der Waals surface area contributed by atoms with E-state index in [1.54, 1.807) is 13.0 Å². The molecule has 110 valence electrons. The number of aryl methyl sites for hydroxylation is 1. The molecule has 1 aliphatic heterocycles. The fourth-order valence-corrected chi connectivity index (χ4v) is 3.86. The molecule has 0 radical (unpaired) electrons. The van der Waals surface area contributed by atoms with Crippen LogP contribution in [0.25, 0.3) is 0 Å². The molecule has 0 spiro atoms. The van der Waals surface area contributed by atoms with Gasteiger partial charge in [-0.1, -0.05) is 6.07 Å². The van der Waals surface area contributed by atoms with Crippen LogP contribution >= 0.6 is 0 Å². The summed E-state index contributed by atoms with van der Waals surface area (Å²) in [5.41, 5.74) is 6.07. The van der Waals surface area contributed by atoms with Gasteiger partial charge < -0.3 is 10.8 Å². The van der Waals surface area contributed by atoms with E-state index in [9.17, 15) is 18.3 Å². The van der Waals surface area contributed by atoms with Crippen LogP contribution in [0.5, 0.6) is 0 Å². The number of piperidine rings is 1. The second kappa shape index (κ2) is 5.51. The van der Waals surface area contributed by atoms with Crippen molar-refractivity contribution in [2.75, 3.05) is 13.1 Å². The molecule has 2 rings (SSSR count). The molecule has 1 aromatic carbocycles. The zero-order valence-corrected chi connectivity index (χ0v) is 12.1. The van der Waals surface area contributed by atoms with E-state index in [2.05, 4.69) is 0 Å². The number of hydrogen-bond donors (Lipinski definition) is 2. The Bertz CT molecular complexity index is 627. The van der Waals surface area contributed by atoms with Crippen LogP contribution in [0.4, 0.5) is 0 Å². The highest BCUT2D eigenvalue weighted by Gasteiger charge is 2.29. The van der Waals surface area contributed by atoms with Gasteiger partial charge in [-0.3, -0.25) is 4.79 Å². The number of nitrogens with two attached hydrogens (primary N) is 1. The Morgan fingerprint density at radius 3 is 2.75 bits per heavy atom. The van der Waals surface area contributed by atoms with E-state index >= 15 is 0 Å². The van der Waals surface area contributed by atoms with Crippen LogP contribution in [0.2, 0.25) is 0 Å². The van der Waals surface area contributed by atoms with Crippen molar-refractivity contribution in [2.24, 2.45) is 5.73 Å². The third-order valence-corrected chi connectivity index (χ3v) is 5.33. The van der Waals surface area contributed by atoms with E-state index in [1.807, 2.05) is 0 Å². The van der Waals surface area contributed by atoms with Crippen molar-refractivity contribution >= 4 is 15.9 Å². The number of nitrogens with zero attached hydrogens (tertiary/aromatic N) is 1. The molecule has 7 heteroatoms. The zero-order valence-electron chi connectivity index (χ0n) is 11.2. The van der Waals surface area contributed by atoms with E-state index in [-0.39, 0.29) is 17.0 Å². The van der Waals surface area contributed by atoms with E-state index in [4.69, 9.17) is 5.73 Å². The molecule has 1 atom stereocenters. The summed E-state index contributed by atoms with van der Waals surface area (Å²) in [4.78, 5) is 11.3. The minimum atomic E-state index is -3.70. The van der Waals surface area contributed by atoms with Crippen molar-refractivity contribution in [1.82, 2.24) is 4.31 Å². The molecule has 1 amide bonds. The van der Waals surface area contributed by atoms with Crippen molar-refractivity contribution in [3.05, 3.63) is 29.3 Å². The predicted octanol–water partition coefficient (Wildman–Crippen LogP) is 0.239. The molecule has 0 bridgehead atoms. The average Bonchev–Trinajstić information content (AvgIpc) is 2.38. The lowest BCUT2D eigenvalue weighted by atomic mass is 10.1. The lowest BCUT2D eigenvalue weighted by molar-refractivity contribution is 0.0999. The van der Waals surface area contributed by atoms with Gasteiger partial charge in [0.15, 0.2) is 0 Å². The van der Waals surface area contributed by atoms with Gasteiger partial charge in [0.1, 0.15) is 0 Å². The molecule has 1 saturated heterocycles. The quantitative estimate of drug-likeness (QED) is 0.834. The molecular weight excluding hydrogens is 280 g/mol. The minimum absolute atomic E-state index is 0.0333. The van der Waals surface area contributed by atoms with E-state index < -0.39 is 22.0 Å². The monoisotopic (exact) mass is 298 g/mol. The van der Waals surface area contributed by atoms with E-state index in [0.717, 1.165) is 0 Å². The van der Waals surface area contributed by atoms with Crippen molar-refractivity contribution in [2.45, 2.75) is 30.8 Å². The molecule has 3 N–H and O–H groups in total. The summed E-state index contributed by atoms with van der Waals surface area (Å²) in [6.07, 6.45) is 0.584. The van der Waals surface area contributed by atoms with E-state index in [1.165, 1.54) is 16.4 Å². The van der Waals surface area contributed by atoms with Crippen molar-refractivity contribution < 1.29 is 18.3 Å². The number of amides is 1. The first-order chi connectivity index (χ1) is 9.32. The van der Waals surface area contributed by atoms with Crippen LogP contribution in [-0.4, -0.2) is 42.9 Å². The summed E-state index contributed by atoms with van der Waals surface area (Å²) in [6, 6.07) is 4.32. The van der Waals surface area contributed by atoms with Crippen LogP contribution in [0.1, 0.15) is 28.8 Å². The smallest absolute Gasteiger partial charge is 0.249 e. The normalized spacial score (nSPS) is 20.8. The standard InChI is InChI=1S/C13H18N2O4S/c1-9-4-5-11(7-12(9)13(14)17)20(18,19)15-6-2-3-10(16)8-15/h4-5,7,10,16H,2-3,6,8H2,1H3,(H2,14,17). The number of benzene rings is 1. The highest BCUT2D eigenvalue weighted by Crippen LogP contribution is 2.22. The fourth-order valence-electron chi connectivity index (χ4n) is 2.32. The molecule has 1 unspecified atom stereocenters. The number of carbonyl (C=O) groups is 1. The molecule has 0 aromatic heterocycles. The maximum Gasteiger partial charge on any atom is 0.249 e. The summed E-state index contributed by atoms with van der Waals surface area (Å²) in [5.74, 6) is -0.654. The number of β-amino-alcohol motifs (C(OH)–C–C–N with tert-alkyl or cyclic N) is 1. The molecule has 1 aromatic rings. The second-order valence-corrected chi connectivity index (χ2v) is 6.94. The number of carbonyl (C=O) groups excluding carboxylic acids is 1. The molecule has 0 saturated carbocycles. The van der Waals surface area contributed by atoms with Gasteiger partial charge in [-0.15, -0.1) is 0 Å². The van der Waals surface area contributed by atoms with Crippen LogP contribution in [-0.2, 0) is 10.0 Å². The van der Waals surface area contributed by atoms with Gasteiger partial charge >= 0.3 is 0 Å². The topological polar surface area (TPSA) is 101 Å². The molecule has 1 aliphatic rings. The van der Waals surface area contributed by atoms with Crippen LogP contribution in [0.3, 0.4) is 0 Å². The maximum absolute atomic E-state index is 12.5. The zero-order chi connectivity index (χ0) is 14.9. The van der Waals surface area contributed by atoms with Crippen LogP contribution in [0.15, 0.2) is 23.1 Å². The molecule has 6 nitrogen and oxygen atoms in total.